The molecule has 0 bridgehead atoms. The Morgan fingerprint density at radius 3 is 2.94 bits per heavy atom. The summed E-state index contributed by atoms with van der Waals surface area (Å²) in [6, 6.07) is 4.58. The van der Waals surface area contributed by atoms with Crippen molar-refractivity contribution < 1.29 is 4.42 Å². The first kappa shape index (κ1) is 11.4. The summed E-state index contributed by atoms with van der Waals surface area (Å²) in [5.41, 5.74) is 0. The number of hydrogen-bond acceptors (Lipinski definition) is 3. The summed E-state index contributed by atoms with van der Waals surface area (Å²) in [6.07, 6.45) is 6.14. The van der Waals surface area contributed by atoms with Gasteiger partial charge < -0.3 is 9.73 Å². The molecule has 1 aliphatic heterocycles. The largest absolute Gasteiger partial charge is 0.468 e. The molecule has 1 N–H and O–H groups in total. The van der Waals surface area contributed by atoms with Gasteiger partial charge >= 0.3 is 0 Å². The van der Waals surface area contributed by atoms with Gasteiger partial charge in [-0.2, -0.15) is 0 Å². The van der Waals surface area contributed by atoms with E-state index in [-0.39, 0.29) is 0 Å². The Morgan fingerprint density at radius 2 is 2.31 bits per heavy atom. The number of piperidine rings is 1. The van der Waals surface area contributed by atoms with Crippen molar-refractivity contribution in [2.75, 3.05) is 19.6 Å². The Morgan fingerprint density at radius 1 is 1.50 bits per heavy atom. The van der Waals surface area contributed by atoms with Crippen LogP contribution in [0.5, 0.6) is 0 Å². The first-order valence-electron chi connectivity index (χ1n) is 5.97. The number of likely N-dealkylation sites (tertiary alicyclic amines) is 1. The summed E-state index contributed by atoms with van der Waals surface area (Å²) < 4.78 is 5.30. The molecule has 0 spiro atoms. The van der Waals surface area contributed by atoms with Gasteiger partial charge in [0.05, 0.1) is 12.8 Å². The second-order valence-corrected chi connectivity index (χ2v) is 4.32. The van der Waals surface area contributed by atoms with E-state index in [0.717, 1.165) is 18.8 Å². The van der Waals surface area contributed by atoms with E-state index in [1.54, 1.807) is 6.26 Å². The van der Waals surface area contributed by atoms with Gasteiger partial charge in [0, 0.05) is 12.6 Å². The fraction of sp³-hybridized carbons (Fsp3) is 0.538. The van der Waals surface area contributed by atoms with Crippen LogP contribution >= 0.6 is 0 Å². The lowest BCUT2D eigenvalue weighted by Crippen LogP contribution is -2.42. The molecular formula is C13H20N2O. The minimum Gasteiger partial charge on any atom is -0.468 e. The standard InChI is InChI=1S/C13H20N2O/c1-2-7-15-8-5-12(6-9-15)14-11-13-4-3-10-16-13/h2-4,10,12,14H,1,5-9,11H2. The third kappa shape index (κ3) is 3.22. The predicted octanol–water partition coefficient (Wildman–Crippen LogP) is 2.02. The third-order valence-electron chi connectivity index (χ3n) is 3.12. The highest BCUT2D eigenvalue weighted by Gasteiger charge is 2.17. The molecule has 2 heterocycles. The van der Waals surface area contributed by atoms with E-state index < -0.39 is 0 Å². The van der Waals surface area contributed by atoms with Crippen LogP contribution in [0.3, 0.4) is 0 Å². The van der Waals surface area contributed by atoms with Crippen molar-refractivity contribution in [3.8, 4) is 0 Å². The van der Waals surface area contributed by atoms with Crippen LogP contribution in [0.25, 0.3) is 0 Å². The fourth-order valence-electron chi connectivity index (χ4n) is 2.16. The molecule has 1 aromatic heterocycles. The molecule has 88 valence electrons. The number of furan rings is 1. The maximum atomic E-state index is 5.30. The van der Waals surface area contributed by atoms with Gasteiger partial charge in [-0.15, -0.1) is 6.58 Å². The first-order chi connectivity index (χ1) is 7.88. The zero-order chi connectivity index (χ0) is 11.2. The molecular weight excluding hydrogens is 200 g/mol. The first-order valence-corrected chi connectivity index (χ1v) is 5.97. The van der Waals surface area contributed by atoms with Crippen molar-refractivity contribution in [2.24, 2.45) is 0 Å². The summed E-state index contributed by atoms with van der Waals surface area (Å²) >= 11 is 0. The molecule has 1 fully saturated rings. The predicted molar refractivity (Wildman–Crippen MR) is 65.2 cm³/mol. The smallest absolute Gasteiger partial charge is 0.117 e. The van der Waals surface area contributed by atoms with Gasteiger partial charge in [-0.1, -0.05) is 6.08 Å². The molecule has 2 rings (SSSR count). The molecule has 0 aliphatic carbocycles. The fourth-order valence-corrected chi connectivity index (χ4v) is 2.16. The molecule has 3 heteroatoms. The summed E-state index contributed by atoms with van der Waals surface area (Å²) in [7, 11) is 0. The van der Waals surface area contributed by atoms with Crippen LogP contribution in [0, 0.1) is 0 Å². The molecule has 0 unspecified atom stereocenters. The Kier molecular flexibility index (Phi) is 4.19. The second-order valence-electron chi connectivity index (χ2n) is 4.32. The Balaban J connectivity index is 1.67. The van der Waals surface area contributed by atoms with Crippen LogP contribution in [0.4, 0.5) is 0 Å². The molecule has 0 radical (unpaired) electrons. The van der Waals surface area contributed by atoms with Gasteiger partial charge in [-0.3, -0.25) is 4.90 Å². The van der Waals surface area contributed by atoms with Crippen molar-refractivity contribution in [1.29, 1.82) is 0 Å². The molecule has 16 heavy (non-hydrogen) atoms. The lowest BCUT2D eigenvalue weighted by Gasteiger charge is -2.31. The zero-order valence-electron chi connectivity index (χ0n) is 9.69. The van der Waals surface area contributed by atoms with Gasteiger partial charge in [-0.05, 0) is 38.1 Å². The highest BCUT2D eigenvalue weighted by molar-refractivity contribution is 4.98. The number of rotatable bonds is 5. The maximum absolute atomic E-state index is 5.30. The van der Waals surface area contributed by atoms with Crippen LogP contribution < -0.4 is 5.32 Å². The van der Waals surface area contributed by atoms with Crippen LogP contribution in [0.15, 0.2) is 35.5 Å². The SMILES string of the molecule is C=CCN1CCC(NCc2ccco2)CC1. The number of nitrogens with zero attached hydrogens (tertiary/aromatic N) is 1. The van der Waals surface area contributed by atoms with Gasteiger partial charge in [0.1, 0.15) is 5.76 Å². The summed E-state index contributed by atoms with van der Waals surface area (Å²) in [5, 5.41) is 3.54. The van der Waals surface area contributed by atoms with Gasteiger partial charge in [-0.25, -0.2) is 0 Å². The molecule has 0 amide bonds. The van der Waals surface area contributed by atoms with E-state index >= 15 is 0 Å². The lowest BCUT2D eigenvalue weighted by atomic mass is 10.1. The molecule has 0 atom stereocenters. The zero-order valence-corrected chi connectivity index (χ0v) is 9.69. The van der Waals surface area contributed by atoms with Crippen molar-refractivity contribution in [2.45, 2.75) is 25.4 Å². The molecule has 0 saturated carbocycles. The topological polar surface area (TPSA) is 28.4 Å². The summed E-state index contributed by atoms with van der Waals surface area (Å²) in [5.74, 6) is 1.02. The van der Waals surface area contributed by atoms with E-state index in [1.165, 1.54) is 25.9 Å². The monoisotopic (exact) mass is 220 g/mol. The van der Waals surface area contributed by atoms with Crippen molar-refractivity contribution in [3.63, 3.8) is 0 Å². The van der Waals surface area contributed by atoms with Crippen LogP contribution in [-0.4, -0.2) is 30.6 Å². The highest BCUT2D eigenvalue weighted by Crippen LogP contribution is 2.11. The normalized spacial score (nSPS) is 18.8. The van der Waals surface area contributed by atoms with Crippen molar-refractivity contribution >= 4 is 0 Å². The van der Waals surface area contributed by atoms with Crippen LogP contribution in [0.2, 0.25) is 0 Å². The minimum absolute atomic E-state index is 0.631. The van der Waals surface area contributed by atoms with E-state index in [9.17, 15) is 0 Å². The summed E-state index contributed by atoms with van der Waals surface area (Å²) in [4.78, 5) is 2.44. The molecule has 1 saturated heterocycles. The Bertz CT molecular complexity index is 300. The third-order valence-corrected chi connectivity index (χ3v) is 3.12. The van der Waals surface area contributed by atoms with Crippen LogP contribution in [-0.2, 0) is 6.54 Å². The van der Waals surface area contributed by atoms with Crippen molar-refractivity contribution in [3.05, 3.63) is 36.8 Å². The van der Waals surface area contributed by atoms with Crippen LogP contribution in [0.1, 0.15) is 18.6 Å². The molecule has 1 aliphatic rings. The van der Waals surface area contributed by atoms with E-state index in [1.807, 2.05) is 18.2 Å². The molecule has 0 aromatic carbocycles. The van der Waals surface area contributed by atoms with E-state index in [0.29, 0.717) is 6.04 Å². The van der Waals surface area contributed by atoms with Gasteiger partial charge in [0.2, 0.25) is 0 Å². The minimum atomic E-state index is 0.631. The Hall–Kier alpha value is -1.06. The van der Waals surface area contributed by atoms with E-state index in [4.69, 9.17) is 4.42 Å². The average molecular weight is 220 g/mol. The second kappa shape index (κ2) is 5.87. The van der Waals surface area contributed by atoms with Gasteiger partial charge in [0.15, 0.2) is 0 Å². The van der Waals surface area contributed by atoms with Crippen molar-refractivity contribution in [1.82, 2.24) is 10.2 Å². The molecule has 3 nitrogen and oxygen atoms in total. The average Bonchev–Trinajstić information content (AvgIpc) is 2.82. The van der Waals surface area contributed by atoms with Gasteiger partial charge in [0.25, 0.3) is 0 Å². The number of nitrogens with one attached hydrogen (secondary N) is 1. The maximum Gasteiger partial charge on any atom is 0.117 e. The summed E-state index contributed by atoms with van der Waals surface area (Å²) in [6.45, 7) is 7.98. The molecule has 1 aromatic rings. The lowest BCUT2D eigenvalue weighted by molar-refractivity contribution is 0.213. The van der Waals surface area contributed by atoms with E-state index in [2.05, 4.69) is 16.8 Å². The quantitative estimate of drug-likeness (QED) is 0.770. The number of hydrogen-bond donors (Lipinski definition) is 1. The Labute approximate surface area is 97.1 Å². The highest BCUT2D eigenvalue weighted by atomic mass is 16.3.